The zero-order chi connectivity index (χ0) is 22.7. The first-order valence-corrected chi connectivity index (χ1v) is 12.4. The Kier molecular flexibility index (Phi) is 6.45. The number of amides is 1. The molecule has 2 aromatic carbocycles. The van der Waals surface area contributed by atoms with Crippen molar-refractivity contribution in [2.45, 2.75) is 25.7 Å². The van der Waals surface area contributed by atoms with Crippen LogP contribution in [-0.2, 0) is 11.3 Å². The van der Waals surface area contributed by atoms with Crippen LogP contribution in [0.1, 0.15) is 25.0 Å². The Morgan fingerprint density at radius 1 is 1.06 bits per heavy atom. The van der Waals surface area contributed by atoms with E-state index in [1.165, 1.54) is 12.1 Å². The summed E-state index contributed by atoms with van der Waals surface area (Å²) in [5.41, 5.74) is 3.19. The summed E-state index contributed by atoms with van der Waals surface area (Å²) in [5.74, 6) is 0.377. The SMILES string of the molecule is COc1ccc([Se]CC2(C)C(=O)N(Cc3ccccc3)C(c3ccc(F)cc3)=C2C)cn1. The van der Waals surface area contributed by atoms with E-state index in [-0.39, 0.29) is 26.7 Å². The van der Waals surface area contributed by atoms with Gasteiger partial charge >= 0.3 is 194 Å². The molecule has 1 aliphatic heterocycles. The molecule has 1 aliphatic rings. The topological polar surface area (TPSA) is 42.4 Å². The molecule has 0 fully saturated rings. The summed E-state index contributed by atoms with van der Waals surface area (Å²) >= 11 is 0.0571. The van der Waals surface area contributed by atoms with Crippen LogP contribution >= 0.6 is 0 Å². The maximum atomic E-state index is 13.8. The summed E-state index contributed by atoms with van der Waals surface area (Å²) < 4.78 is 19.9. The Morgan fingerprint density at radius 2 is 1.78 bits per heavy atom. The van der Waals surface area contributed by atoms with E-state index in [0.717, 1.165) is 26.9 Å². The van der Waals surface area contributed by atoms with Crippen LogP contribution in [0.4, 0.5) is 4.39 Å². The van der Waals surface area contributed by atoms with E-state index in [1.54, 1.807) is 19.2 Å². The number of hydrogen-bond acceptors (Lipinski definition) is 3. The molecule has 0 saturated carbocycles. The van der Waals surface area contributed by atoms with Crippen LogP contribution in [0.25, 0.3) is 5.70 Å². The summed E-state index contributed by atoms with van der Waals surface area (Å²) in [6, 6.07) is 20.2. The van der Waals surface area contributed by atoms with E-state index in [0.29, 0.717) is 17.7 Å². The number of halogens is 1. The molecule has 4 rings (SSSR count). The molecular weight excluding hydrogens is 470 g/mol. The first-order chi connectivity index (χ1) is 15.4. The number of carbonyl (C=O) groups excluding carboxylic acids is 1. The molecule has 1 atom stereocenters. The molecule has 32 heavy (non-hydrogen) atoms. The molecule has 0 spiro atoms. The summed E-state index contributed by atoms with van der Waals surface area (Å²) in [6.07, 6.45) is 1.82. The summed E-state index contributed by atoms with van der Waals surface area (Å²) in [6.45, 7) is 4.54. The van der Waals surface area contributed by atoms with Gasteiger partial charge in [0.2, 0.25) is 0 Å². The molecule has 1 unspecified atom stereocenters. The Labute approximate surface area is 194 Å². The molecule has 0 bridgehead atoms. The van der Waals surface area contributed by atoms with Gasteiger partial charge in [-0.15, -0.1) is 0 Å². The number of pyridine rings is 1. The van der Waals surface area contributed by atoms with Crippen LogP contribution in [0.2, 0.25) is 5.32 Å². The summed E-state index contributed by atoms with van der Waals surface area (Å²) in [7, 11) is 1.60. The Balaban J connectivity index is 1.67. The third-order valence-corrected chi connectivity index (χ3v) is 8.64. The van der Waals surface area contributed by atoms with Crippen LogP contribution in [0.15, 0.2) is 78.5 Å². The fourth-order valence-corrected chi connectivity index (χ4v) is 6.17. The monoisotopic (exact) mass is 496 g/mol. The molecule has 0 radical (unpaired) electrons. The second kappa shape index (κ2) is 9.27. The van der Waals surface area contributed by atoms with Gasteiger partial charge in [-0.25, -0.2) is 0 Å². The maximum absolute atomic E-state index is 13.8. The quantitative estimate of drug-likeness (QED) is 0.455. The van der Waals surface area contributed by atoms with Crippen molar-refractivity contribution in [1.82, 2.24) is 9.88 Å². The molecule has 0 N–H and O–H groups in total. The Hall–Kier alpha value is -2.95. The molecule has 1 amide bonds. The zero-order valence-electron chi connectivity index (χ0n) is 18.3. The van der Waals surface area contributed by atoms with Gasteiger partial charge < -0.3 is 0 Å². The van der Waals surface area contributed by atoms with E-state index < -0.39 is 5.41 Å². The van der Waals surface area contributed by atoms with Crippen molar-refractivity contribution in [3.63, 3.8) is 0 Å². The third kappa shape index (κ3) is 4.34. The Morgan fingerprint density at radius 3 is 2.41 bits per heavy atom. The molecule has 2 heterocycles. The predicted octanol–water partition coefficient (Wildman–Crippen LogP) is 4.46. The fraction of sp³-hybridized carbons (Fsp3) is 0.231. The average molecular weight is 495 g/mol. The number of benzene rings is 2. The van der Waals surface area contributed by atoms with Crippen molar-refractivity contribution >= 4 is 31.0 Å². The fourth-order valence-electron chi connectivity index (χ4n) is 3.89. The van der Waals surface area contributed by atoms with Crippen LogP contribution in [0, 0.1) is 11.2 Å². The van der Waals surface area contributed by atoms with Crippen molar-refractivity contribution in [1.29, 1.82) is 0 Å². The molecular formula is C26H25FN2O2Se. The van der Waals surface area contributed by atoms with Crippen molar-refractivity contribution in [2.75, 3.05) is 7.11 Å². The minimum absolute atomic E-state index is 0.0571. The van der Waals surface area contributed by atoms with E-state index >= 15 is 0 Å². The van der Waals surface area contributed by atoms with E-state index in [1.807, 2.05) is 67.4 Å². The molecule has 0 aliphatic carbocycles. The molecule has 164 valence electrons. The van der Waals surface area contributed by atoms with Crippen molar-refractivity contribution in [2.24, 2.45) is 5.41 Å². The minimum atomic E-state index is -0.627. The third-order valence-electron chi connectivity index (χ3n) is 5.92. The van der Waals surface area contributed by atoms with Crippen LogP contribution in [-0.4, -0.2) is 37.9 Å². The van der Waals surface area contributed by atoms with Gasteiger partial charge in [-0.1, -0.05) is 0 Å². The van der Waals surface area contributed by atoms with E-state index in [9.17, 15) is 9.18 Å². The number of hydrogen-bond donors (Lipinski definition) is 0. The number of ether oxygens (including phenoxy) is 1. The van der Waals surface area contributed by atoms with E-state index in [2.05, 4.69) is 4.98 Å². The number of aromatic nitrogens is 1. The number of carbonyl (C=O) groups is 1. The van der Waals surface area contributed by atoms with Gasteiger partial charge in [0.25, 0.3) is 0 Å². The van der Waals surface area contributed by atoms with Crippen LogP contribution in [0.5, 0.6) is 5.88 Å². The second-order valence-electron chi connectivity index (χ2n) is 8.01. The molecule has 0 saturated heterocycles. The normalized spacial score (nSPS) is 18.4. The average Bonchev–Trinajstić information content (AvgIpc) is 3.00. The predicted molar refractivity (Wildman–Crippen MR) is 125 cm³/mol. The molecule has 6 heteroatoms. The summed E-state index contributed by atoms with van der Waals surface area (Å²) in [5, 5.41) is 0.717. The number of rotatable bonds is 7. The van der Waals surface area contributed by atoms with Gasteiger partial charge in [0.1, 0.15) is 0 Å². The van der Waals surface area contributed by atoms with Crippen LogP contribution < -0.4 is 9.20 Å². The Bertz CT molecular complexity index is 1130. The van der Waals surface area contributed by atoms with Gasteiger partial charge in [-0.3, -0.25) is 0 Å². The first kappa shape index (κ1) is 22.3. The number of methoxy groups -OCH3 is 1. The first-order valence-electron chi connectivity index (χ1n) is 10.4. The zero-order valence-corrected chi connectivity index (χ0v) is 20.1. The molecule has 3 aromatic rings. The van der Waals surface area contributed by atoms with Gasteiger partial charge in [-0.2, -0.15) is 0 Å². The molecule has 1 aromatic heterocycles. The summed E-state index contributed by atoms with van der Waals surface area (Å²) in [4.78, 5) is 20.0. The van der Waals surface area contributed by atoms with Gasteiger partial charge in [0.05, 0.1) is 0 Å². The second-order valence-corrected chi connectivity index (χ2v) is 10.2. The van der Waals surface area contributed by atoms with Gasteiger partial charge in [0.15, 0.2) is 0 Å². The molecule has 4 nitrogen and oxygen atoms in total. The van der Waals surface area contributed by atoms with E-state index in [4.69, 9.17) is 4.74 Å². The van der Waals surface area contributed by atoms with Crippen molar-refractivity contribution in [3.05, 3.63) is 95.4 Å². The van der Waals surface area contributed by atoms with Gasteiger partial charge in [0, 0.05) is 0 Å². The number of nitrogens with zero attached hydrogens (tertiary/aromatic N) is 2. The van der Waals surface area contributed by atoms with Crippen LogP contribution in [0.3, 0.4) is 0 Å². The standard InChI is InChI=1S/C26H25FN2O2Se/c1-18-24(20-9-11-21(27)12-10-20)29(16-19-7-5-4-6-8-19)25(30)26(18,2)17-32-22-13-14-23(31-3)28-15-22/h4-15H,16-17H2,1-3H3. The van der Waals surface area contributed by atoms with Crippen molar-refractivity contribution in [3.8, 4) is 5.88 Å². The van der Waals surface area contributed by atoms with Crippen molar-refractivity contribution < 1.29 is 13.9 Å². The van der Waals surface area contributed by atoms with Gasteiger partial charge in [-0.05, 0) is 0 Å².